The van der Waals surface area contributed by atoms with E-state index in [-0.39, 0.29) is 48.1 Å². The highest BCUT2D eigenvalue weighted by molar-refractivity contribution is 6.02. The molecule has 0 unspecified atom stereocenters. The SMILES string of the molecule is O=C(O)C1=C(/C=C2\CCN(CC(F)(F)F)C2=O)C[C@@H]2CN[C@@H]3C(=O)N1[C@H]23. The van der Waals surface area contributed by atoms with Gasteiger partial charge >= 0.3 is 12.1 Å². The highest BCUT2D eigenvalue weighted by Gasteiger charge is 2.59. The van der Waals surface area contributed by atoms with Gasteiger partial charge in [-0.3, -0.25) is 14.5 Å². The second-order valence-electron chi connectivity index (χ2n) is 6.99. The summed E-state index contributed by atoms with van der Waals surface area (Å²) in [5.41, 5.74) is 0.314. The van der Waals surface area contributed by atoms with Crippen LogP contribution in [0.1, 0.15) is 12.8 Å². The second kappa shape index (κ2) is 5.57. The number of rotatable bonds is 3. The van der Waals surface area contributed by atoms with E-state index >= 15 is 0 Å². The first-order chi connectivity index (χ1) is 12.2. The van der Waals surface area contributed by atoms with Gasteiger partial charge in [-0.1, -0.05) is 0 Å². The van der Waals surface area contributed by atoms with Crippen LogP contribution in [0.5, 0.6) is 0 Å². The predicted molar refractivity (Wildman–Crippen MR) is 80.5 cm³/mol. The van der Waals surface area contributed by atoms with Crippen molar-refractivity contribution in [3.8, 4) is 0 Å². The van der Waals surface area contributed by atoms with Gasteiger partial charge in [-0.2, -0.15) is 13.2 Å². The molecule has 4 rings (SSSR count). The Hall–Kier alpha value is -2.36. The number of nitrogens with one attached hydrogen (secondary N) is 1. The third-order valence-corrected chi connectivity index (χ3v) is 5.39. The second-order valence-corrected chi connectivity index (χ2v) is 6.99. The molecule has 140 valence electrons. The lowest BCUT2D eigenvalue weighted by atomic mass is 9.79. The number of β-lactam (4-membered cyclic amide) rings is 1. The first kappa shape index (κ1) is 17.1. The fraction of sp³-hybridized carbons (Fsp3) is 0.562. The van der Waals surface area contributed by atoms with Crippen molar-refractivity contribution in [3.05, 3.63) is 22.9 Å². The van der Waals surface area contributed by atoms with E-state index in [0.29, 0.717) is 23.4 Å². The number of hydrogen-bond acceptors (Lipinski definition) is 4. The smallest absolute Gasteiger partial charge is 0.406 e. The highest BCUT2D eigenvalue weighted by atomic mass is 19.4. The van der Waals surface area contributed by atoms with Gasteiger partial charge in [0.1, 0.15) is 18.3 Å². The third kappa shape index (κ3) is 2.51. The van der Waals surface area contributed by atoms with E-state index in [2.05, 4.69) is 5.32 Å². The molecule has 0 radical (unpaired) electrons. The molecular formula is C16H16F3N3O4. The Kier molecular flexibility index (Phi) is 3.66. The van der Waals surface area contributed by atoms with Gasteiger partial charge in [0.05, 0.1) is 6.04 Å². The number of carboxylic acids is 1. The zero-order valence-electron chi connectivity index (χ0n) is 13.5. The molecule has 3 saturated heterocycles. The van der Waals surface area contributed by atoms with Crippen LogP contribution in [0.3, 0.4) is 0 Å². The van der Waals surface area contributed by atoms with Crippen LogP contribution in [0.2, 0.25) is 0 Å². The Morgan fingerprint density at radius 3 is 2.73 bits per heavy atom. The number of halogens is 3. The van der Waals surface area contributed by atoms with E-state index < -0.39 is 24.6 Å². The molecule has 0 bridgehead atoms. The van der Waals surface area contributed by atoms with Gasteiger partial charge in [0.2, 0.25) is 11.8 Å². The van der Waals surface area contributed by atoms with Crippen molar-refractivity contribution in [2.24, 2.45) is 5.92 Å². The monoisotopic (exact) mass is 371 g/mol. The van der Waals surface area contributed by atoms with Crippen LogP contribution in [0.4, 0.5) is 13.2 Å². The molecule has 0 aromatic rings. The first-order valence-electron chi connectivity index (χ1n) is 8.27. The number of amides is 2. The van der Waals surface area contributed by atoms with Gasteiger partial charge in [0, 0.05) is 18.7 Å². The van der Waals surface area contributed by atoms with E-state index in [9.17, 15) is 32.7 Å². The van der Waals surface area contributed by atoms with Crippen molar-refractivity contribution in [2.75, 3.05) is 19.6 Å². The molecule has 4 heterocycles. The molecule has 0 saturated carbocycles. The summed E-state index contributed by atoms with van der Waals surface area (Å²) >= 11 is 0. The number of nitrogens with zero attached hydrogens (tertiary/aromatic N) is 2. The van der Waals surface area contributed by atoms with Gasteiger partial charge < -0.3 is 15.3 Å². The fourth-order valence-corrected chi connectivity index (χ4v) is 4.33. The molecule has 0 spiro atoms. The Morgan fingerprint density at radius 1 is 1.35 bits per heavy atom. The summed E-state index contributed by atoms with van der Waals surface area (Å²) < 4.78 is 37.6. The molecule has 2 N–H and O–H groups in total. The lowest BCUT2D eigenvalue weighted by Crippen LogP contribution is -2.68. The number of allylic oxidation sites excluding steroid dienone is 2. The average Bonchev–Trinajstić information content (AvgIpc) is 3.08. The minimum atomic E-state index is -4.48. The average molecular weight is 371 g/mol. The summed E-state index contributed by atoms with van der Waals surface area (Å²) in [4.78, 5) is 38.0. The largest absolute Gasteiger partial charge is 0.477 e. The minimum Gasteiger partial charge on any atom is -0.477 e. The molecule has 26 heavy (non-hydrogen) atoms. The van der Waals surface area contributed by atoms with Crippen LogP contribution in [0.15, 0.2) is 22.9 Å². The van der Waals surface area contributed by atoms with E-state index in [0.717, 1.165) is 0 Å². The van der Waals surface area contributed by atoms with E-state index in [1.54, 1.807) is 0 Å². The summed E-state index contributed by atoms with van der Waals surface area (Å²) in [6.07, 6.45) is -2.62. The maximum absolute atomic E-state index is 12.5. The molecule has 2 amide bonds. The lowest BCUT2D eigenvalue weighted by molar-refractivity contribution is -0.156. The quantitative estimate of drug-likeness (QED) is 0.548. The summed E-state index contributed by atoms with van der Waals surface area (Å²) in [6, 6.07) is -0.560. The molecule has 0 aromatic heterocycles. The number of alkyl halides is 3. The first-order valence-corrected chi connectivity index (χ1v) is 8.27. The van der Waals surface area contributed by atoms with Gasteiger partial charge in [-0.15, -0.1) is 0 Å². The number of carboxylic acid groups (broad SMARTS) is 1. The van der Waals surface area contributed by atoms with Crippen molar-refractivity contribution in [2.45, 2.75) is 31.1 Å². The number of aliphatic carboxylic acids is 1. The Balaban J connectivity index is 1.65. The lowest BCUT2D eigenvalue weighted by Gasteiger charge is -2.48. The normalized spacial score (nSPS) is 32.4. The molecule has 7 nitrogen and oxygen atoms in total. The molecular weight excluding hydrogens is 355 g/mol. The molecule has 3 fully saturated rings. The van der Waals surface area contributed by atoms with Gasteiger partial charge in [-0.25, -0.2) is 4.79 Å². The summed E-state index contributed by atoms with van der Waals surface area (Å²) in [5, 5.41) is 12.6. The van der Waals surface area contributed by atoms with Crippen LogP contribution in [-0.4, -0.2) is 70.6 Å². The van der Waals surface area contributed by atoms with E-state index in [1.807, 2.05) is 0 Å². The summed E-state index contributed by atoms with van der Waals surface area (Å²) in [7, 11) is 0. The van der Waals surface area contributed by atoms with E-state index in [4.69, 9.17) is 0 Å². The summed E-state index contributed by atoms with van der Waals surface area (Å²) in [6.45, 7) is -0.821. The zero-order valence-corrected chi connectivity index (χ0v) is 13.5. The van der Waals surface area contributed by atoms with Crippen molar-refractivity contribution >= 4 is 17.8 Å². The maximum atomic E-state index is 12.5. The molecule has 10 heteroatoms. The van der Waals surface area contributed by atoms with Crippen LogP contribution in [0.25, 0.3) is 0 Å². The third-order valence-electron chi connectivity index (χ3n) is 5.39. The van der Waals surface area contributed by atoms with Crippen molar-refractivity contribution in [3.63, 3.8) is 0 Å². The molecule has 0 aromatic carbocycles. The van der Waals surface area contributed by atoms with Gasteiger partial charge in [0.15, 0.2) is 0 Å². The van der Waals surface area contributed by atoms with E-state index in [1.165, 1.54) is 11.0 Å². The van der Waals surface area contributed by atoms with Gasteiger partial charge in [-0.05, 0) is 30.4 Å². The number of hydrogen-bond donors (Lipinski definition) is 2. The minimum absolute atomic E-state index is 0.0374. The molecule has 0 aliphatic carbocycles. The standard InChI is InChI=1S/C16H16F3N3O4/c17-16(18,19)6-21-2-1-7(13(21)23)3-8-4-9-5-20-10-11(9)22(14(10)24)12(8)15(25)26/h3,9-11,20H,1-2,4-6H2,(H,25,26)/b7-3+/t9-,10+,11-/m1/s1. The van der Waals surface area contributed by atoms with Crippen LogP contribution < -0.4 is 5.32 Å². The van der Waals surface area contributed by atoms with Crippen molar-refractivity contribution in [1.29, 1.82) is 0 Å². The fourth-order valence-electron chi connectivity index (χ4n) is 4.33. The Bertz CT molecular complexity index is 773. The Labute approximate surface area is 146 Å². The van der Waals surface area contributed by atoms with Crippen LogP contribution in [0, 0.1) is 5.92 Å². The topological polar surface area (TPSA) is 90.0 Å². The molecule has 4 aliphatic rings. The molecule has 3 atom stereocenters. The van der Waals surface area contributed by atoms with Crippen LogP contribution >= 0.6 is 0 Å². The van der Waals surface area contributed by atoms with Crippen molar-refractivity contribution < 1.29 is 32.7 Å². The van der Waals surface area contributed by atoms with Crippen LogP contribution in [-0.2, 0) is 14.4 Å². The number of likely N-dealkylation sites (tertiary alicyclic amines) is 1. The number of carbonyl (C=O) groups is 3. The zero-order chi connectivity index (χ0) is 18.8. The molecule has 4 aliphatic heterocycles. The predicted octanol–water partition coefficient (Wildman–Crippen LogP) is 0.249. The summed E-state index contributed by atoms with van der Waals surface area (Å²) in [5.74, 6) is -2.29. The maximum Gasteiger partial charge on any atom is 0.406 e. The highest BCUT2D eigenvalue weighted by Crippen LogP contribution is 2.44. The van der Waals surface area contributed by atoms with Gasteiger partial charge in [0.25, 0.3) is 0 Å². The Morgan fingerprint density at radius 2 is 2.08 bits per heavy atom. The van der Waals surface area contributed by atoms with Crippen molar-refractivity contribution in [1.82, 2.24) is 15.1 Å². The number of carbonyl (C=O) groups excluding carboxylic acids is 2.